The van der Waals surface area contributed by atoms with Gasteiger partial charge in [0.1, 0.15) is 5.82 Å². The topological polar surface area (TPSA) is 27.5 Å². The van der Waals surface area contributed by atoms with Gasteiger partial charge in [0.15, 0.2) is 0 Å². The van der Waals surface area contributed by atoms with Crippen molar-refractivity contribution >= 4 is 34.1 Å². The minimum atomic E-state index is 0.387. The Hall–Kier alpha value is -5.29. The molecule has 230 valence electrons. The molecule has 0 bridgehead atoms. The molecular formula is C41H41N5. The van der Waals surface area contributed by atoms with E-state index in [4.69, 9.17) is 4.98 Å². The van der Waals surface area contributed by atoms with Crippen LogP contribution >= 0.6 is 0 Å². The van der Waals surface area contributed by atoms with Crippen LogP contribution in [0, 0.1) is 0 Å². The molecule has 0 saturated heterocycles. The quantitative estimate of drug-likeness (QED) is 0.173. The molecule has 1 aromatic heterocycles. The maximum Gasteiger partial charge on any atom is 0.144 e. The van der Waals surface area contributed by atoms with Crippen LogP contribution < -0.4 is 14.7 Å². The molecule has 6 aromatic rings. The molecule has 0 saturated carbocycles. The average Bonchev–Trinajstić information content (AvgIpc) is 3.70. The second-order valence-electron chi connectivity index (χ2n) is 12.7. The summed E-state index contributed by atoms with van der Waals surface area (Å²) in [6.07, 6.45) is 4.03. The molecule has 0 atom stereocenters. The fraction of sp³-hybridized carbons (Fsp3) is 0.195. The van der Waals surface area contributed by atoms with Crippen LogP contribution in [0.25, 0.3) is 17.1 Å². The van der Waals surface area contributed by atoms with Gasteiger partial charge >= 0.3 is 0 Å². The third-order valence-corrected chi connectivity index (χ3v) is 8.94. The van der Waals surface area contributed by atoms with Crippen molar-refractivity contribution in [1.29, 1.82) is 0 Å². The number of anilines is 6. The molecule has 0 radical (unpaired) electrons. The van der Waals surface area contributed by atoms with Crippen LogP contribution in [-0.2, 0) is 0 Å². The van der Waals surface area contributed by atoms with Gasteiger partial charge in [-0.1, -0.05) is 94.4 Å². The molecule has 46 heavy (non-hydrogen) atoms. The van der Waals surface area contributed by atoms with Crippen LogP contribution in [0.2, 0.25) is 0 Å². The molecule has 5 heteroatoms. The minimum absolute atomic E-state index is 0.387. The Morgan fingerprint density at radius 2 is 1.24 bits per heavy atom. The normalized spacial score (nSPS) is 12.7. The van der Waals surface area contributed by atoms with Crippen molar-refractivity contribution in [3.63, 3.8) is 0 Å². The number of benzene rings is 5. The lowest BCUT2D eigenvalue weighted by Crippen LogP contribution is -2.24. The Balaban J connectivity index is 1.34. The van der Waals surface area contributed by atoms with E-state index >= 15 is 0 Å². The van der Waals surface area contributed by atoms with E-state index in [0.29, 0.717) is 11.8 Å². The van der Waals surface area contributed by atoms with Crippen LogP contribution in [0.5, 0.6) is 0 Å². The molecule has 0 unspecified atom stereocenters. The lowest BCUT2D eigenvalue weighted by molar-refractivity contribution is 0.807. The Bertz CT molecular complexity index is 1950. The van der Waals surface area contributed by atoms with Gasteiger partial charge in [-0.15, -0.1) is 0 Å². The molecular weight excluding hydrogens is 562 g/mol. The summed E-state index contributed by atoms with van der Waals surface area (Å²) in [5.41, 5.74) is 11.9. The summed E-state index contributed by atoms with van der Waals surface area (Å²) < 4.78 is 2.29. The zero-order valence-corrected chi connectivity index (χ0v) is 27.3. The highest BCUT2D eigenvalue weighted by atomic mass is 15.4. The van der Waals surface area contributed by atoms with Crippen molar-refractivity contribution in [3.8, 4) is 17.1 Å². The third-order valence-electron chi connectivity index (χ3n) is 8.94. The summed E-state index contributed by atoms with van der Waals surface area (Å²) in [6.45, 7) is 9.88. The van der Waals surface area contributed by atoms with Crippen molar-refractivity contribution in [2.24, 2.45) is 0 Å². The maximum atomic E-state index is 4.94. The molecule has 0 amide bonds. The van der Waals surface area contributed by atoms with Crippen molar-refractivity contribution in [1.82, 2.24) is 9.55 Å². The number of aromatic nitrogens is 2. The number of rotatable bonds is 8. The van der Waals surface area contributed by atoms with Crippen LogP contribution in [0.15, 0.2) is 134 Å². The van der Waals surface area contributed by atoms with E-state index in [1.165, 1.54) is 28.2 Å². The Morgan fingerprint density at radius 3 is 1.96 bits per heavy atom. The van der Waals surface area contributed by atoms with Crippen LogP contribution in [0.4, 0.5) is 34.1 Å². The molecule has 1 aliphatic rings. The Labute approximate surface area is 273 Å². The van der Waals surface area contributed by atoms with E-state index in [2.05, 4.69) is 182 Å². The molecule has 1 aliphatic heterocycles. The monoisotopic (exact) mass is 603 g/mol. The zero-order valence-electron chi connectivity index (χ0n) is 27.3. The SMILES string of the molecule is CC(C)c1cccc(C(C)C)c1-n1ccnc1-c1cccc(N(c2ccccc2)c2cccc(N3CN(C)c4ccccc43)c2)c1. The fourth-order valence-corrected chi connectivity index (χ4v) is 6.70. The average molecular weight is 604 g/mol. The van der Waals surface area contributed by atoms with E-state index in [1.807, 2.05) is 6.20 Å². The second-order valence-corrected chi connectivity index (χ2v) is 12.7. The summed E-state index contributed by atoms with van der Waals surface area (Å²) in [5, 5.41) is 0. The van der Waals surface area contributed by atoms with Crippen molar-refractivity contribution in [2.75, 3.05) is 28.4 Å². The first kappa shape index (κ1) is 29.4. The van der Waals surface area contributed by atoms with E-state index in [0.717, 1.165) is 40.8 Å². The van der Waals surface area contributed by atoms with Crippen LogP contribution in [0.1, 0.15) is 50.7 Å². The standard InChI is InChI=1S/C41H41N5/c1-29(2)36-20-13-21-37(30(3)4)40(36)44-25-24-42-41(44)31-14-11-18-34(26-31)46(32-15-7-6-8-16-32)35-19-12-17-33(27-35)45-28-43(5)38-22-9-10-23-39(38)45/h6-27,29-30H,28H2,1-5H3. The highest BCUT2D eigenvalue weighted by molar-refractivity contribution is 5.85. The predicted molar refractivity (Wildman–Crippen MR) is 194 cm³/mol. The maximum absolute atomic E-state index is 4.94. The Kier molecular flexibility index (Phi) is 7.83. The number of nitrogens with zero attached hydrogens (tertiary/aromatic N) is 5. The largest absolute Gasteiger partial charge is 0.355 e. The van der Waals surface area contributed by atoms with Gasteiger partial charge in [0, 0.05) is 47.8 Å². The minimum Gasteiger partial charge on any atom is -0.355 e. The van der Waals surface area contributed by atoms with E-state index < -0.39 is 0 Å². The van der Waals surface area contributed by atoms with Crippen LogP contribution in [0.3, 0.4) is 0 Å². The highest BCUT2D eigenvalue weighted by Gasteiger charge is 2.25. The fourth-order valence-electron chi connectivity index (χ4n) is 6.70. The molecule has 5 nitrogen and oxygen atoms in total. The first-order chi connectivity index (χ1) is 22.4. The van der Waals surface area contributed by atoms with Gasteiger partial charge in [-0.05, 0) is 77.6 Å². The summed E-state index contributed by atoms with van der Waals surface area (Å²) in [5.74, 6) is 1.72. The summed E-state index contributed by atoms with van der Waals surface area (Å²) >= 11 is 0. The third kappa shape index (κ3) is 5.32. The summed E-state index contributed by atoms with van der Waals surface area (Å²) in [6, 6.07) is 43.6. The van der Waals surface area contributed by atoms with Crippen molar-refractivity contribution < 1.29 is 0 Å². The number of fused-ring (bicyclic) bond motifs is 1. The van der Waals surface area contributed by atoms with Gasteiger partial charge in [-0.3, -0.25) is 4.57 Å². The smallest absolute Gasteiger partial charge is 0.144 e. The molecule has 0 spiro atoms. The van der Waals surface area contributed by atoms with Gasteiger partial charge in [-0.25, -0.2) is 4.98 Å². The number of para-hydroxylation sites is 4. The second kappa shape index (κ2) is 12.2. The zero-order chi connectivity index (χ0) is 31.8. The number of hydrogen-bond donors (Lipinski definition) is 0. The summed E-state index contributed by atoms with van der Waals surface area (Å²) in [4.78, 5) is 12.0. The van der Waals surface area contributed by atoms with E-state index in [-0.39, 0.29) is 0 Å². The lowest BCUT2D eigenvalue weighted by Gasteiger charge is -2.28. The first-order valence-electron chi connectivity index (χ1n) is 16.2. The molecule has 0 aliphatic carbocycles. The van der Waals surface area contributed by atoms with Crippen LogP contribution in [-0.4, -0.2) is 23.3 Å². The number of hydrogen-bond acceptors (Lipinski definition) is 4. The lowest BCUT2D eigenvalue weighted by atomic mass is 9.92. The van der Waals surface area contributed by atoms with E-state index in [9.17, 15) is 0 Å². The summed E-state index contributed by atoms with van der Waals surface area (Å²) in [7, 11) is 2.15. The van der Waals surface area contributed by atoms with E-state index in [1.54, 1.807) is 0 Å². The molecule has 2 heterocycles. The van der Waals surface area contributed by atoms with Gasteiger partial charge in [0.2, 0.25) is 0 Å². The predicted octanol–water partition coefficient (Wildman–Crippen LogP) is 10.8. The van der Waals surface area contributed by atoms with Gasteiger partial charge < -0.3 is 14.7 Å². The Morgan fingerprint density at radius 1 is 0.630 bits per heavy atom. The van der Waals surface area contributed by atoms with Crippen molar-refractivity contribution in [2.45, 2.75) is 39.5 Å². The molecule has 5 aromatic carbocycles. The number of imidazole rings is 1. The van der Waals surface area contributed by atoms with Gasteiger partial charge in [0.25, 0.3) is 0 Å². The van der Waals surface area contributed by atoms with Gasteiger partial charge in [-0.2, -0.15) is 0 Å². The van der Waals surface area contributed by atoms with Gasteiger partial charge in [0.05, 0.1) is 23.7 Å². The highest BCUT2D eigenvalue weighted by Crippen LogP contribution is 2.43. The van der Waals surface area contributed by atoms with Crippen molar-refractivity contribution in [3.05, 3.63) is 145 Å². The molecule has 0 N–H and O–H groups in total. The molecule has 0 fully saturated rings. The first-order valence-corrected chi connectivity index (χ1v) is 16.2. The molecule has 7 rings (SSSR count).